The van der Waals surface area contributed by atoms with Crippen LogP contribution < -0.4 is 11.2 Å². The molecule has 0 aliphatic carbocycles. The molecule has 0 saturated carbocycles. The number of amides is 1. The Hall–Kier alpha value is -0.610. The average Bonchev–Trinajstić information content (AvgIpc) is 1.82. The van der Waals surface area contributed by atoms with Crippen molar-refractivity contribution in [3.63, 3.8) is 0 Å². The van der Waals surface area contributed by atoms with Crippen molar-refractivity contribution in [1.82, 2.24) is 11.2 Å². The molecule has 0 aliphatic rings. The Kier molecular flexibility index (Phi) is 4.88. The maximum absolute atomic E-state index is 10.7. The molecule has 10 heavy (non-hydrogen) atoms. The van der Waals surface area contributed by atoms with Crippen molar-refractivity contribution in [2.45, 2.75) is 26.3 Å². The average molecular weight is 145 g/mol. The molecular formula is C6H13N2O2. The van der Waals surface area contributed by atoms with E-state index in [0.717, 1.165) is 0 Å². The number of nitrogens with one attached hydrogen (secondary N) is 2. The Morgan fingerprint density at radius 1 is 1.70 bits per heavy atom. The molecule has 0 unspecified atom stereocenters. The van der Waals surface area contributed by atoms with Gasteiger partial charge in [-0.2, -0.15) is 0 Å². The summed E-state index contributed by atoms with van der Waals surface area (Å²) in [5, 5.41) is 2.68. The van der Waals surface area contributed by atoms with E-state index in [9.17, 15) is 4.79 Å². The van der Waals surface area contributed by atoms with Crippen molar-refractivity contribution in [3.05, 3.63) is 0 Å². The first kappa shape index (κ1) is 9.39. The van der Waals surface area contributed by atoms with Crippen LogP contribution in [-0.2, 0) is 9.63 Å². The van der Waals surface area contributed by atoms with E-state index in [0.29, 0.717) is 0 Å². The first-order valence-electron chi connectivity index (χ1n) is 3.24. The van der Waals surface area contributed by atoms with Gasteiger partial charge < -0.3 is 5.32 Å². The fourth-order valence-corrected chi connectivity index (χ4v) is 0.538. The van der Waals surface area contributed by atoms with Crippen LogP contribution in [0.2, 0.25) is 0 Å². The van der Waals surface area contributed by atoms with E-state index in [4.69, 9.17) is 5.90 Å². The van der Waals surface area contributed by atoms with Crippen LogP contribution in [0.3, 0.4) is 0 Å². The van der Waals surface area contributed by atoms with Crippen molar-refractivity contribution in [1.29, 1.82) is 0 Å². The summed E-state index contributed by atoms with van der Waals surface area (Å²) in [4.78, 5) is 14.7. The van der Waals surface area contributed by atoms with Crippen LogP contribution in [0.15, 0.2) is 0 Å². The van der Waals surface area contributed by atoms with E-state index in [1.165, 1.54) is 0 Å². The Morgan fingerprint density at radius 3 is 2.70 bits per heavy atom. The van der Waals surface area contributed by atoms with Gasteiger partial charge >= 0.3 is 0 Å². The SMILES string of the molecule is CC(C)NC(=O)CCO[NH]. The minimum Gasteiger partial charge on any atom is -0.354 e. The molecule has 4 heteroatoms. The lowest BCUT2D eigenvalue weighted by molar-refractivity contribution is -0.122. The summed E-state index contributed by atoms with van der Waals surface area (Å²) in [6, 6.07) is 0.165. The highest BCUT2D eigenvalue weighted by Gasteiger charge is 2.01. The highest BCUT2D eigenvalue weighted by molar-refractivity contribution is 5.76. The molecule has 59 valence electrons. The van der Waals surface area contributed by atoms with Crippen molar-refractivity contribution in [2.75, 3.05) is 6.61 Å². The van der Waals surface area contributed by atoms with Crippen LogP contribution in [0.25, 0.3) is 0 Å². The minimum atomic E-state index is -0.0674. The Morgan fingerprint density at radius 2 is 2.30 bits per heavy atom. The predicted octanol–water partition coefficient (Wildman–Crippen LogP) is 0.116. The number of rotatable bonds is 4. The molecule has 0 bridgehead atoms. The van der Waals surface area contributed by atoms with Crippen molar-refractivity contribution < 1.29 is 9.63 Å². The summed E-state index contributed by atoms with van der Waals surface area (Å²) in [6.45, 7) is 3.94. The maximum atomic E-state index is 10.7. The third kappa shape index (κ3) is 5.53. The zero-order chi connectivity index (χ0) is 7.98. The number of carbonyl (C=O) groups excluding carboxylic acids is 1. The number of hydrogen-bond acceptors (Lipinski definition) is 2. The molecule has 0 aliphatic heterocycles. The normalized spacial score (nSPS) is 10.0. The van der Waals surface area contributed by atoms with Gasteiger partial charge in [0.2, 0.25) is 5.91 Å². The molecule has 0 spiro atoms. The summed E-state index contributed by atoms with van der Waals surface area (Å²) in [5.74, 6) is 6.23. The summed E-state index contributed by atoms with van der Waals surface area (Å²) in [6.07, 6.45) is 0.266. The van der Waals surface area contributed by atoms with Crippen LogP contribution in [0.4, 0.5) is 0 Å². The van der Waals surface area contributed by atoms with Crippen molar-refractivity contribution in [3.8, 4) is 0 Å². The third-order valence-electron chi connectivity index (χ3n) is 0.881. The molecule has 2 N–H and O–H groups in total. The van der Waals surface area contributed by atoms with Gasteiger partial charge in [-0.1, -0.05) is 0 Å². The van der Waals surface area contributed by atoms with E-state index in [-0.39, 0.29) is 25.0 Å². The lowest BCUT2D eigenvalue weighted by Gasteiger charge is -2.06. The van der Waals surface area contributed by atoms with E-state index in [1.807, 2.05) is 13.8 Å². The second-order valence-electron chi connectivity index (χ2n) is 2.32. The second-order valence-corrected chi connectivity index (χ2v) is 2.32. The van der Waals surface area contributed by atoms with Gasteiger partial charge in [-0.15, -0.1) is 5.90 Å². The zero-order valence-corrected chi connectivity index (χ0v) is 6.31. The Labute approximate surface area is 60.7 Å². The highest BCUT2D eigenvalue weighted by Crippen LogP contribution is 1.82. The molecule has 4 nitrogen and oxygen atoms in total. The molecule has 0 aromatic carbocycles. The molecule has 0 rings (SSSR count). The summed E-state index contributed by atoms with van der Waals surface area (Å²) < 4.78 is 0. The summed E-state index contributed by atoms with van der Waals surface area (Å²) >= 11 is 0. The molecule has 1 radical (unpaired) electrons. The smallest absolute Gasteiger partial charge is 0.222 e. The zero-order valence-electron chi connectivity index (χ0n) is 6.31. The van der Waals surface area contributed by atoms with Gasteiger partial charge in [-0.05, 0) is 13.8 Å². The largest absolute Gasteiger partial charge is 0.354 e. The van der Waals surface area contributed by atoms with Crippen LogP contribution >= 0.6 is 0 Å². The van der Waals surface area contributed by atoms with Gasteiger partial charge in [0, 0.05) is 6.04 Å². The van der Waals surface area contributed by atoms with E-state index < -0.39 is 0 Å². The molecule has 0 heterocycles. The number of carbonyl (C=O) groups is 1. The van der Waals surface area contributed by atoms with Gasteiger partial charge in [0.25, 0.3) is 0 Å². The predicted molar refractivity (Wildman–Crippen MR) is 36.9 cm³/mol. The quantitative estimate of drug-likeness (QED) is 0.571. The minimum absolute atomic E-state index is 0.0674. The molecule has 0 aromatic rings. The van der Waals surface area contributed by atoms with Crippen LogP contribution in [0.5, 0.6) is 0 Å². The molecule has 0 fully saturated rings. The fourth-order valence-electron chi connectivity index (χ4n) is 0.538. The summed E-state index contributed by atoms with van der Waals surface area (Å²) in [7, 11) is 0. The standard InChI is InChI=1S/C6H13N2O2/c1-5(2)8-6(9)3-4-10-7/h5,7H,3-4H2,1-2H3,(H,8,9). The monoisotopic (exact) mass is 145 g/mol. The molecule has 0 atom stereocenters. The molecule has 0 aromatic heterocycles. The Balaban J connectivity index is 3.26. The van der Waals surface area contributed by atoms with Gasteiger partial charge in [-0.25, -0.2) is 0 Å². The van der Waals surface area contributed by atoms with Gasteiger partial charge in [0.05, 0.1) is 13.0 Å². The Bertz CT molecular complexity index is 104. The van der Waals surface area contributed by atoms with Gasteiger partial charge in [-0.3, -0.25) is 9.63 Å². The van der Waals surface area contributed by atoms with Crippen molar-refractivity contribution in [2.24, 2.45) is 0 Å². The van der Waals surface area contributed by atoms with E-state index in [2.05, 4.69) is 10.2 Å². The summed E-state index contributed by atoms with van der Waals surface area (Å²) in [5.41, 5.74) is 0. The second kappa shape index (κ2) is 5.20. The third-order valence-corrected chi connectivity index (χ3v) is 0.881. The lowest BCUT2D eigenvalue weighted by atomic mass is 10.3. The first-order chi connectivity index (χ1) is 4.66. The van der Waals surface area contributed by atoms with Crippen molar-refractivity contribution >= 4 is 5.91 Å². The highest BCUT2D eigenvalue weighted by atomic mass is 16.6. The van der Waals surface area contributed by atoms with E-state index in [1.54, 1.807) is 0 Å². The first-order valence-corrected chi connectivity index (χ1v) is 3.24. The molecular weight excluding hydrogens is 132 g/mol. The van der Waals surface area contributed by atoms with Gasteiger partial charge in [0.1, 0.15) is 0 Å². The topological polar surface area (TPSA) is 62.1 Å². The maximum Gasteiger partial charge on any atom is 0.222 e. The van der Waals surface area contributed by atoms with Crippen LogP contribution in [0.1, 0.15) is 20.3 Å². The molecule has 1 amide bonds. The molecule has 0 saturated heterocycles. The lowest BCUT2D eigenvalue weighted by Crippen LogP contribution is -2.30. The van der Waals surface area contributed by atoms with Crippen LogP contribution in [0, 0.1) is 0 Å². The fraction of sp³-hybridized carbons (Fsp3) is 0.833. The van der Waals surface area contributed by atoms with E-state index >= 15 is 0 Å². The number of hydrogen-bond donors (Lipinski definition) is 1. The van der Waals surface area contributed by atoms with Gasteiger partial charge in [0.15, 0.2) is 0 Å². The van der Waals surface area contributed by atoms with Crippen LogP contribution in [-0.4, -0.2) is 18.6 Å².